The zero-order valence-corrected chi connectivity index (χ0v) is 12.4. The largest absolute Gasteiger partial charge is 0.464 e. The summed E-state index contributed by atoms with van der Waals surface area (Å²) in [4.78, 5) is 12.3. The van der Waals surface area contributed by atoms with Crippen LogP contribution in [0.1, 0.15) is 45.1 Å². The molecule has 2 rings (SSSR count). The van der Waals surface area contributed by atoms with Crippen LogP contribution in [-0.2, 0) is 15.1 Å². The minimum absolute atomic E-state index is 0.0680. The Kier molecular flexibility index (Phi) is 4.93. The van der Waals surface area contributed by atoms with Crippen LogP contribution >= 0.6 is 0 Å². The highest BCUT2D eigenvalue weighted by molar-refractivity contribution is 5.82. The first-order valence-corrected chi connectivity index (χ1v) is 7.38. The summed E-state index contributed by atoms with van der Waals surface area (Å²) in [6, 6.07) is 3.67. The quantitative estimate of drug-likeness (QED) is 0.848. The van der Waals surface area contributed by atoms with Gasteiger partial charge in [0.05, 0.1) is 12.2 Å². The number of esters is 1. The predicted molar refractivity (Wildman–Crippen MR) is 75.7 cm³/mol. The zero-order valence-electron chi connectivity index (χ0n) is 12.4. The molecule has 0 heterocycles. The molecule has 21 heavy (non-hydrogen) atoms. The Hall–Kier alpha value is -1.49. The maximum atomic E-state index is 14.1. The van der Waals surface area contributed by atoms with Crippen molar-refractivity contribution in [2.24, 2.45) is 0 Å². The molecule has 1 aromatic carbocycles. The molecule has 1 unspecified atom stereocenters. The molecule has 0 amide bonds. The normalized spacial score (nSPS) is 18.5. The van der Waals surface area contributed by atoms with Crippen LogP contribution in [0.5, 0.6) is 0 Å². The number of ether oxygens (including phenoxy) is 1. The molecule has 1 aliphatic carbocycles. The van der Waals surface area contributed by atoms with Crippen LogP contribution in [0.4, 0.5) is 8.78 Å². The Morgan fingerprint density at radius 3 is 2.43 bits per heavy atom. The minimum atomic E-state index is -1.51. The maximum absolute atomic E-state index is 14.1. The summed E-state index contributed by atoms with van der Waals surface area (Å²) in [5.74, 6) is -2.13. The van der Waals surface area contributed by atoms with Crippen LogP contribution in [0.15, 0.2) is 18.2 Å². The number of hydrogen-bond donors (Lipinski definition) is 1. The van der Waals surface area contributed by atoms with Gasteiger partial charge in [0.2, 0.25) is 0 Å². The van der Waals surface area contributed by atoms with Gasteiger partial charge in [-0.2, -0.15) is 0 Å². The zero-order chi connectivity index (χ0) is 15.5. The van der Waals surface area contributed by atoms with Crippen molar-refractivity contribution in [3.8, 4) is 0 Å². The van der Waals surface area contributed by atoms with E-state index >= 15 is 0 Å². The van der Waals surface area contributed by atoms with Gasteiger partial charge in [-0.15, -0.1) is 0 Å². The summed E-state index contributed by atoms with van der Waals surface area (Å²) in [5, 5.41) is 3.12. The third-order valence-corrected chi connectivity index (χ3v) is 3.99. The summed E-state index contributed by atoms with van der Waals surface area (Å²) < 4.78 is 33.3. The molecule has 0 spiro atoms. The second kappa shape index (κ2) is 6.52. The molecule has 0 bridgehead atoms. The molecular weight excluding hydrogens is 276 g/mol. The average Bonchev–Trinajstić information content (AvgIpc) is 2.91. The van der Waals surface area contributed by atoms with Crippen LogP contribution in [-0.4, -0.2) is 18.6 Å². The molecule has 0 radical (unpaired) electrons. The Morgan fingerprint density at radius 2 is 1.90 bits per heavy atom. The predicted octanol–water partition coefficient (Wildman–Crippen LogP) is 3.28. The Balaban J connectivity index is 2.41. The number of carbonyl (C=O) groups is 1. The molecule has 0 aliphatic heterocycles. The first-order chi connectivity index (χ1) is 9.99. The van der Waals surface area contributed by atoms with E-state index in [4.69, 9.17) is 4.74 Å². The van der Waals surface area contributed by atoms with Crippen LogP contribution in [0.2, 0.25) is 0 Å². The van der Waals surface area contributed by atoms with Crippen LogP contribution in [0.25, 0.3) is 0 Å². The van der Waals surface area contributed by atoms with Crippen molar-refractivity contribution in [1.82, 2.24) is 5.32 Å². The lowest BCUT2D eigenvalue weighted by molar-refractivity contribution is -0.151. The van der Waals surface area contributed by atoms with Crippen LogP contribution in [0, 0.1) is 11.6 Å². The number of hydrogen-bond acceptors (Lipinski definition) is 3. The number of carbonyl (C=O) groups excluding carboxylic acids is 1. The first-order valence-electron chi connectivity index (χ1n) is 7.38. The van der Waals surface area contributed by atoms with E-state index in [9.17, 15) is 13.6 Å². The maximum Gasteiger partial charge on any atom is 0.330 e. The first kappa shape index (κ1) is 15.9. The molecule has 1 N–H and O–H groups in total. The van der Waals surface area contributed by atoms with E-state index in [-0.39, 0.29) is 18.2 Å². The van der Waals surface area contributed by atoms with E-state index in [0.717, 1.165) is 37.8 Å². The second-order valence-corrected chi connectivity index (χ2v) is 5.57. The smallest absolute Gasteiger partial charge is 0.330 e. The molecule has 1 saturated carbocycles. The molecule has 1 aromatic rings. The van der Waals surface area contributed by atoms with Crippen molar-refractivity contribution in [3.05, 3.63) is 35.4 Å². The highest BCUT2D eigenvalue weighted by Gasteiger charge is 2.43. The van der Waals surface area contributed by atoms with Gasteiger partial charge in [-0.05, 0) is 38.8 Å². The standard InChI is InChI=1S/C16H21F2NO2/c1-3-21-15(20)16(2,19-11-7-4-5-8-11)14-12(17)9-6-10-13(14)18/h6,9-11,19H,3-5,7-8H2,1-2H3. The van der Waals surface area contributed by atoms with E-state index in [1.165, 1.54) is 13.0 Å². The van der Waals surface area contributed by atoms with Gasteiger partial charge in [0.25, 0.3) is 0 Å². The fourth-order valence-corrected chi connectivity index (χ4v) is 2.96. The number of rotatable bonds is 5. The summed E-state index contributed by atoms with van der Waals surface area (Å²) >= 11 is 0. The van der Waals surface area contributed by atoms with Gasteiger partial charge in [-0.1, -0.05) is 18.9 Å². The van der Waals surface area contributed by atoms with Crippen molar-refractivity contribution in [2.45, 2.75) is 51.1 Å². The second-order valence-electron chi connectivity index (χ2n) is 5.57. The molecule has 0 saturated heterocycles. The van der Waals surface area contributed by atoms with Crippen molar-refractivity contribution < 1.29 is 18.3 Å². The van der Waals surface area contributed by atoms with Gasteiger partial charge in [-0.3, -0.25) is 5.32 Å². The third kappa shape index (κ3) is 3.23. The van der Waals surface area contributed by atoms with Gasteiger partial charge >= 0.3 is 5.97 Å². The van der Waals surface area contributed by atoms with Gasteiger partial charge in [0.15, 0.2) is 0 Å². The van der Waals surface area contributed by atoms with Gasteiger partial charge in [0, 0.05) is 6.04 Å². The van der Waals surface area contributed by atoms with E-state index in [0.29, 0.717) is 0 Å². The van der Waals surface area contributed by atoms with Crippen LogP contribution in [0.3, 0.4) is 0 Å². The Labute approximate surface area is 123 Å². The molecule has 1 fully saturated rings. The number of benzene rings is 1. The fraction of sp³-hybridized carbons (Fsp3) is 0.562. The average molecular weight is 297 g/mol. The topological polar surface area (TPSA) is 38.3 Å². The molecule has 3 nitrogen and oxygen atoms in total. The highest BCUT2D eigenvalue weighted by atomic mass is 19.1. The van der Waals surface area contributed by atoms with Crippen LogP contribution < -0.4 is 5.32 Å². The summed E-state index contributed by atoms with van der Waals surface area (Å²) in [6.07, 6.45) is 3.89. The lowest BCUT2D eigenvalue weighted by Gasteiger charge is -2.32. The van der Waals surface area contributed by atoms with E-state index < -0.39 is 23.1 Å². The molecular formula is C16H21F2NO2. The van der Waals surface area contributed by atoms with Crippen molar-refractivity contribution >= 4 is 5.97 Å². The van der Waals surface area contributed by atoms with E-state index in [2.05, 4.69) is 5.32 Å². The lowest BCUT2D eigenvalue weighted by atomic mass is 9.89. The fourth-order valence-electron chi connectivity index (χ4n) is 2.96. The van der Waals surface area contributed by atoms with Crippen molar-refractivity contribution in [2.75, 3.05) is 6.61 Å². The van der Waals surface area contributed by atoms with E-state index in [1.807, 2.05) is 0 Å². The van der Waals surface area contributed by atoms with E-state index in [1.54, 1.807) is 6.92 Å². The molecule has 1 aliphatic rings. The highest BCUT2D eigenvalue weighted by Crippen LogP contribution is 2.31. The molecule has 116 valence electrons. The molecule has 0 aromatic heterocycles. The van der Waals surface area contributed by atoms with Gasteiger partial charge in [-0.25, -0.2) is 13.6 Å². The number of halogens is 2. The molecule has 5 heteroatoms. The summed E-state index contributed by atoms with van der Waals surface area (Å²) in [5.41, 5.74) is -1.78. The third-order valence-electron chi connectivity index (χ3n) is 3.99. The lowest BCUT2D eigenvalue weighted by Crippen LogP contribution is -2.52. The van der Waals surface area contributed by atoms with Gasteiger partial charge in [0.1, 0.15) is 17.2 Å². The van der Waals surface area contributed by atoms with Crippen molar-refractivity contribution in [1.29, 1.82) is 0 Å². The van der Waals surface area contributed by atoms with Gasteiger partial charge < -0.3 is 4.74 Å². The minimum Gasteiger partial charge on any atom is -0.464 e. The summed E-state index contributed by atoms with van der Waals surface area (Å²) in [6.45, 7) is 3.33. The Bertz CT molecular complexity index is 495. The Morgan fingerprint density at radius 1 is 1.33 bits per heavy atom. The SMILES string of the molecule is CCOC(=O)C(C)(NC1CCCC1)c1c(F)cccc1F. The molecule has 1 atom stereocenters. The number of nitrogens with one attached hydrogen (secondary N) is 1. The monoisotopic (exact) mass is 297 g/mol. The summed E-state index contributed by atoms with van der Waals surface area (Å²) in [7, 11) is 0. The van der Waals surface area contributed by atoms with Crippen molar-refractivity contribution in [3.63, 3.8) is 0 Å².